The predicted molar refractivity (Wildman–Crippen MR) is 323 cm³/mol. The summed E-state index contributed by atoms with van der Waals surface area (Å²) in [7, 11) is 0. The number of unbranched alkanes of at least 4 members (excludes halogenated alkanes) is 2. The van der Waals surface area contributed by atoms with Gasteiger partial charge in [-0.1, -0.05) is 35.3 Å². The molecule has 4 aromatic rings. The van der Waals surface area contributed by atoms with E-state index in [0.29, 0.717) is 125 Å². The van der Waals surface area contributed by atoms with Crippen molar-refractivity contribution in [2.45, 2.75) is 88.7 Å². The molecule has 6 aliphatic rings. The van der Waals surface area contributed by atoms with Gasteiger partial charge in [0.2, 0.25) is 0 Å². The molecule has 0 saturated carbocycles. The first-order valence-electron chi connectivity index (χ1n) is 30.1. The number of carbonyl (C=O) groups excluding carboxylic acids is 4. The van der Waals surface area contributed by atoms with Crippen molar-refractivity contribution in [3.8, 4) is 23.6 Å². The molecule has 2 aliphatic carbocycles. The van der Waals surface area contributed by atoms with Gasteiger partial charge in [-0.05, 0) is 144 Å². The highest BCUT2D eigenvalue weighted by atomic mass is 35.5. The molecule has 0 bridgehead atoms. The lowest BCUT2D eigenvalue weighted by molar-refractivity contribution is 0.0692. The normalized spacial score (nSPS) is 19.9. The third-order valence-electron chi connectivity index (χ3n) is 17.0. The largest absolute Gasteiger partial charge is 0.484 e. The van der Waals surface area contributed by atoms with Gasteiger partial charge in [-0.2, -0.15) is 10.5 Å². The van der Waals surface area contributed by atoms with Crippen molar-refractivity contribution in [1.82, 2.24) is 62.1 Å². The topological polar surface area (TPSA) is 253 Å². The van der Waals surface area contributed by atoms with Crippen molar-refractivity contribution in [2.75, 3.05) is 118 Å². The summed E-state index contributed by atoms with van der Waals surface area (Å²) in [6.45, 7) is 12.5. The summed E-state index contributed by atoms with van der Waals surface area (Å²) >= 11 is 13.0. The Morgan fingerprint density at radius 2 is 0.918 bits per heavy atom. The highest BCUT2D eigenvalue weighted by Gasteiger charge is 2.42. The van der Waals surface area contributed by atoms with E-state index in [2.05, 4.69) is 76.6 Å². The third kappa shape index (κ3) is 15.9. The summed E-state index contributed by atoms with van der Waals surface area (Å²) in [6, 6.07) is 23.7. The molecule has 452 valence electrons. The van der Waals surface area contributed by atoms with Crippen molar-refractivity contribution in [3.63, 3.8) is 0 Å². The summed E-state index contributed by atoms with van der Waals surface area (Å²) in [4.78, 5) is 59.4. The van der Waals surface area contributed by atoms with Crippen LogP contribution in [0.25, 0.3) is 0 Å². The molecule has 4 atom stereocenters. The Hall–Kier alpha value is -7.08. The molecule has 2 saturated heterocycles. The molecule has 8 amide bonds. The van der Waals surface area contributed by atoms with Gasteiger partial charge in [0, 0.05) is 128 Å². The molecule has 4 aromatic carbocycles. The van der Waals surface area contributed by atoms with E-state index in [0.717, 1.165) is 121 Å². The molecule has 85 heavy (non-hydrogen) atoms. The minimum absolute atomic E-state index is 0.0952. The maximum atomic E-state index is 13.1. The minimum Gasteiger partial charge on any atom is -0.484 e. The van der Waals surface area contributed by atoms with E-state index in [1.165, 1.54) is 0 Å². The number of urea groups is 4. The predicted octanol–water partition coefficient (Wildman–Crippen LogP) is 5.65. The van der Waals surface area contributed by atoms with E-state index in [-0.39, 0.29) is 61.6 Å². The molecule has 23 heteroatoms. The standard InChI is InChI=1S/C62H78Cl2N14O7/c63-47-29-45(37-65)51-35-55(75-23-15-67-16-24-75)57(53(51)33-47)84-49-7-5-43-39-77(21-9-41(43)31-49)61(81)73-13-3-1-11-69-59(79)71-19-27-83-28-20-72-60(80)70-12-2-4-14-74-62(82)78-22-10-42-32-50(8-6-44(42)40-78)85-58-54-34-48(64)30-46(38-66)52(54)36-56(58)76-25-17-68-18-26-76/h5-8,29-34,55-58,67-68H,1-4,9-28,35-36,39-40H2,(H,73,81)(H,74,82)(H2,69,71,79)(H2,70,72,80)/t55-,56-,57-,58-/m0/s1. The zero-order valence-corrected chi connectivity index (χ0v) is 49.7. The average Bonchev–Trinajstić information content (AvgIpc) is 2.39. The number of carbonyl (C=O) groups is 4. The Morgan fingerprint density at radius 3 is 1.33 bits per heavy atom. The van der Waals surface area contributed by atoms with Crippen LogP contribution in [0.15, 0.2) is 60.7 Å². The Labute approximate surface area is 507 Å². The van der Waals surface area contributed by atoms with E-state index >= 15 is 0 Å². The molecular formula is C62H78Cl2N14O7. The second kappa shape index (κ2) is 29.8. The lowest BCUT2D eigenvalue weighted by Gasteiger charge is -2.36. The number of ether oxygens (including phenoxy) is 3. The highest BCUT2D eigenvalue weighted by Crippen LogP contribution is 2.43. The number of nitrogens with zero attached hydrogens (tertiary/aromatic N) is 6. The molecule has 10 rings (SSSR count). The SMILES string of the molecule is N#Cc1cc(Cl)cc2c1C[C@H](N1CCNCC1)[C@H]2Oc1ccc2c(c1)CCN(C(=O)NCCCCNC(=O)NCCOCCNC(=O)NCCCCNC(=O)N1CCc3cc(O[C@H]4c5cc(Cl)cc(C#N)c5C[C@@H]4N4CCNCC4)ccc3C1)C2. The van der Waals surface area contributed by atoms with Gasteiger partial charge < -0.3 is 66.5 Å². The number of rotatable bonds is 22. The van der Waals surface area contributed by atoms with Crippen LogP contribution in [-0.2, 0) is 43.5 Å². The Morgan fingerprint density at radius 1 is 0.518 bits per heavy atom. The van der Waals surface area contributed by atoms with Crippen LogP contribution in [0.1, 0.15) is 93.5 Å². The minimum atomic E-state index is -0.302. The average molecular weight is 1200 g/mol. The fourth-order valence-electron chi connectivity index (χ4n) is 12.5. The Balaban J connectivity index is 0.528. The van der Waals surface area contributed by atoms with E-state index in [9.17, 15) is 29.7 Å². The first kappa shape index (κ1) is 61.0. The van der Waals surface area contributed by atoms with Crippen LogP contribution in [0.5, 0.6) is 11.5 Å². The summed E-state index contributed by atoms with van der Waals surface area (Å²) in [5.41, 5.74) is 9.68. The van der Waals surface area contributed by atoms with Crippen molar-refractivity contribution in [1.29, 1.82) is 10.5 Å². The molecule has 8 N–H and O–H groups in total. The van der Waals surface area contributed by atoms with Crippen LogP contribution in [0.2, 0.25) is 10.0 Å². The lowest BCUT2D eigenvalue weighted by atomic mass is 9.99. The van der Waals surface area contributed by atoms with Crippen molar-refractivity contribution < 1.29 is 33.4 Å². The maximum absolute atomic E-state index is 13.1. The van der Waals surface area contributed by atoms with Crippen LogP contribution in [0.3, 0.4) is 0 Å². The number of piperazine rings is 2. The number of hydrogen-bond acceptors (Lipinski definition) is 13. The Bertz CT molecular complexity index is 2910. The fraction of sp³-hybridized carbons (Fsp3) is 0.516. The van der Waals surface area contributed by atoms with E-state index in [1.54, 1.807) is 12.1 Å². The van der Waals surface area contributed by atoms with E-state index in [1.807, 2.05) is 46.2 Å². The van der Waals surface area contributed by atoms with Crippen molar-refractivity contribution >= 4 is 47.3 Å². The van der Waals surface area contributed by atoms with Gasteiger partial charge in [-0.25, -0.2) is 19.2 Å². The van der Waals surface area contributed by atoms with E-state index < -0.39 is 0 Å². The number of amides is 8. The molecule has 0 radical (unpaired) electrons. The van der Waals surface area contributed by atoms with Crippen LogP contribution >= 0.6 is 23.2 Å². The second-order valence-electron chi connectivity index (χ2n) is 22.5. The van der Waals surface area contributed by atoms with Gasteiger partial charge >= 0.3 is 24.1 Å². The number of nitriles is 2. The Kier molecular flexibility index (Phi) is 21.4. The maximum Gasteiger partial charge on any atom is 0.317 e. The summed E-state index contributed by atoms with van der Waals surface area (Å²) < 4.78 is 19.1. The van der Waals surface area contributed by atoms with Crippen molar-refractivity contribution in [2.24, 2.45) is 0 Å². The molecule has 0 unspecified atom stereocenters. The van der Waals surface area contributed by atoms with Gasteiger partial charge in [0.05, 0.1) is 48.6 Å². The van der Waals surface area contributed by atoms with Gasteiger partial charge in [-0.3, -0.25) is 9.80 Å². The van der Waals surface area contributed by atoms with Crippen LogP contribution in [-0.4, -0.2) is 174 Å². The zero-order valence-electron chi connectivity index (χ0n) is 48.2. The van der Waals surface area contributed by atoms with Gasteiger partial charge in [0.15, 0.2) is 0 Å². The van der Waals surface area contributed by atoms with E-state index in [4.69, 9.17) is 37.4 Å². The fourth-order valence-corrected chi connectivity index (χ4v) is 13.0. The first-order chi connectivity index (χ1) is 41.5. The first-order valence-corrected chi connectivity index (χ1v) is 30.9. The number of fused-ring (bicyclic) bond motifs is 4. The van der Waals surface area contributed by atoms with Gasteiger partial charge in [0.25, 0.3) is 0 Å². The van der Waals surface area contributed by atoms with Crippen molar-refractivity contribution in [3.05, 3.63) is 126 Å². The molecule has 4 heterocycles. The summed E-state index contributed by atoms with van der Waals surface area (Å²) in [6.07, 6.45) is 5.16. The van der Waals surface area contributed by atoms with Crippen LogP contribution in [0, 0.1) is 22.7 Å². The summed E-state index contributed by atoms with van der Waals surface area (Å²) in [5, 5.41) is 45.0. The molecule has 4 aliphatic heterocycles. The number of nitrogens with one attached hydrogen (secondary N) is 8. The lowest BCUT2D eigenvalue weighted by Crippen LogP contribution is -2.50. The van der Waals surface area contributed by atoms with Gasteiger partial charge in [0.1, 0.15) is 23.7 Å². The molecule has 0 spiro atoms. The number of benzene rings is 4. The number of halogens is 2. The molecule has 2 fully saturated rings. The van der Waals surface area contributed by atoms with Crippen LogP contribution in [0.4, 0.5) is 19.2 Å². The quantitative estimate of drug-likeness (QED) is 0.0444. The zero-order chi connectivity index (χ0) is 59.1. The van der Waals surface area contributed by atoms with Crippen LogP contribution < -0.4 is 52.0 Å². The third-order valence-corrected chi connectivity index (χ3v) is 17.4. The molecule has 0 aromatic heterocycles. The summed E-state index contributed by atoms with van der Waals surface area (Å²) in [5.74, 6) is 1.53. The smallest absolute Gasteiger partial charge is 0.317 e. The molecular weight excluding hydrogens is 1120 g/mol. The monoisotopic (exact) mass is 1200 g/mol. The highest BCUT2D eigenvalue weighted by molar-refractivity contribution is 6.31. The second-order valence-corrected chi connectivity index (χ2v) is 23.4. The molecule has 21 nitrogen and oxygen atoms in total. The van der Waals surface area contributed by atoms with Gasteiger partial charge in [-0.15, -0.1) is 0 Å². The number of hydrogen-bond donors (Lipinski definition) is 8.